The highest BCUT2D eigenvalue weighted by atomic mass is 19.1. The first kappa shape index (κ1) is 12.6. The van der Waals surface area contributed by atoms with Gasteiger partial charge in [0.05, 0.1) is 18.7 Å². The highest BCUT2D eigenvalue weighted by molar-refractivity contribution is 5.84. The number of hydrogen-bond donors (Lipinski definition) is 1. The average Bonchev–Trinajstić information content (AvgIpc) is 2.99. The molecule has 3 unspecified atom stereocenters. The van der Waals surface area contributed by atoms with Gasteiger partial charge in [0.1, 0.15) is 12.0 Å². The summed E-state index contributed by atoms with van der Waals surface area (Å²) in [6.07, 6.45) is 0.580. The Morgan fingerprint density at radius 3 is 3.00 bits per heavy atom. The molecule has 3 atom stereocenters. The summed E-state index contributed by atoms with van der Waals surface area (Å²) in [4.78, 5) is 14.1. The zero-order chi connectivity index (χ0) is 13.4. The van der Waals surface area contributed by atoms with E-state index in [1.807, 2.05) is 17.9 Å². The van der Waals surface area contributed by atoms with E-state index in [2.05, 4.69) is 5.32 Å². The quantitative estimate of drug-likeness (QED) is 0.878. The lowest BCUT2D eigenvalue weighted by atomic mass is 10.1. The minimum absolute atomic E-state index is 0.0600. The fraction of sp³-hybridized carbons (Fsp3) is 0.500. The van der Waals surface area contributed by atoms with Gasteiger partial charge >= 0.3 is 0 Å². The van der Waals surface area contributed by atoms with Crippen LogP contribution in [0, 0.1) is 5.82 Å². The van der Waals surface area contributed by atoms with Crippen molar-refractivity contribution in [2.75, 3.05) is 13.2 Å². The van der Waals surface area contributed by atoms with Gasteiger partial charge in [0.25, 0.3) is 0 Å². The largest absolute Gasteiger partial charge is 0.379 e. The third-order valence-corrected chi connectivity index (χ3v) is 3.77. The number of carbonyl (C=O) groups excluding carboxylic acids is 1. The highest BCUT2D eigenvalue weighted by Crippen LogP contribution is 2.30. The Bertz CT molecular complexity index is 488. The number of amides is 1. The van der Waals surface area contributed by atoms with E-state index in [4.69, 9.17) is 4.74 Å². The number of rotatable bonds is 2. The molecule has 2 saturated heterocycles. The van der Waals surface area contributed by atoms with Gasteiger partial charge in [-0.1, -0.05) is 12.1 Å². The van der Waals surface area contributed by atoms with Crippen molar-refractivity contribution >= 4 is 5.91 Å². The zero-order valence-electron chi connectivity index (χ0n) is 10.8. The summed E-state index contributed by atoms with van der Waals surface area (Å²) in [6.45, 7) is 3.08. The van der Waals surface area contributed by atoms with Gasteiger partial charge < -0.3 is 9.64 Å². The first-order valence-corrected chi connectivity index (χ1v) is 6.58. The lowest BCUT2D eigenvalue weighted by molar-refractivity contribution is -0.132. The molecule has 2 aliphatic rings. The van der Waals surface area contributed by atoms with Gasteiger partial charge in [-0.05, 0) is 31.0 Å². The molecule has 2 aliphatic heterocycles. The molecule has 1 amide bonds. The predicted molar refractivity (Wildman–Crippen MR) is 67.8 cm³/mol. The maximum absolute atomic E-state index is 13.4. The molecular weight excluding hydrogens is 247 g/mol. The first-order valence-electron chi connectivity index (χ1n) is 6.58. The van der Waals surface area contributed by atoms with Gasteiger partial charge in [-0.2, -0.15) is 0 Å². The van der Waals surface area contributed by atoms with Crippen LogP contribution in [0.3, 0.4) is 0 Å². The second-order valence-electron chi connectivity index (χ2n) is 5.11. The van der Waals surface area contributed by atoms with Crippen LogP contribution in [0.15, 0.2) is 24.3 Å². The van der Waals surface area contributed by atoms with E-state index >= 15 is 0 Å². The summed E-state index contributed by atoms with van der Waals surface area (Å²) >= 11 is 0. The molecule has 2 heterocycles. The van der Waals surface area contributed by atoms with Crippen molar-refractivity contribution in [3.05, 3.63) is 35.6 Å². The Morgan fingerprint density at radius 1 is 1.47 bits per heavy atom. The Balaban J connectivity index is 1.92. The molecule has 0 radical (unpaired) electrons. The summed E-state index contributed by atoms with van der Waals surface area (Å²) in [5.41, 5.74) is 0.782. The molecule has 19 heavy (non-hydrogen) atoms. The lowest BCUT2D eigenvalue weighted by Crippen LogP contribution is -2.40. The fourth-order valence-corrected chi connectivity index (χ4v) is 2.80. The second-order valence-corrected chi connectivity index (χ2v) is 5.11. The SMILES string of the molecule is CC1NC(c2cccc(F)c2)N(C2CCOC2)C1=O. The van der Waals surface area contributed by atoms with E-state index in [1.54, 1.807) is 6.07 Å². The summed E-state index contributed by atoms with van der Waals surface area (Å²) < 4.78 is 18.7. The Hall–Kier alpha value is -1.46. The third-order valence-electron chi connectivity index (χ3n) is 3.77. The van der Waals surface area contributed by atoms with Crippen molar-refractivity contribution < 1.29 is 13.9 Å². The minimum Gasteiger partial charge on any atom is -0.379 e. The summed E-state index contributed by atoms with van der Waals surface area (Å²) in [6, 6.07) is 6.24. The van der Waals surface area contributed by atoms with Gasteiger partial charge in [0, 0.05) is 6.61 Å². The van der Waals surface area contributed by atoms with Crippen molar-refractivity contribution in [2.45, 2.75) is 31.6 Å². The van der Waals surface area contributed by atoms with Crippen LogP contribution in [-0.4, -0.2) is 36.1 Å². The molecule has 0 bridgehead atoms. The number of ether oxygens (including phenoxy) is 1. The fourth-order valence-electron chi connectivity index (χ4n) is 2.80. The van der Waals surface area contributed by atoms with Gasteiger partial charge in [-0.25, -0.2) is 4.39 Å². The Labute approximate surface area is 111 Å². The second kappa shape index (κ2) is 4.90. The normalized spacial score (nSPS) is 31.2. The molecule has 102 valence electrons. The molecule has 1 aromatic rings. The number of hydrogen-bond acceptors (Lipinski definition) is 3. The van der Waals surface area contributed by atoms with E-state index < -0.39 is 0 Å². The van der Waals surface area contributed by atoms with Crippen molar-refractivity contribution in [1.82, 2.24) is 10.2 Å². The average molecular weight is 264 g/mol. The topological polar surface area (TPSA) is 41.6 Å². The number of nitrogens with one attached hydrogen (secondary N) is 1. The van der Waals surface area contributed by atoms with E-state index in [-0.39, 0.29) is 30.0 Å². The molecule has 0 spiro atoms. The van der Waals surface area contributed by atoms with Gasteiger partial charge in [0.15, 0.2) is 0 Å². The summed E-state index contributed by atoms with van der Waals surface area (Å²) in [5, 5.41) is 3.23. The molecule has 1 N–H and O–H groups in total. The van der Waals surface area contributed by atoms with E-state index in [0.29, 0.717) is 13.2 Å². The van der Waals surface area contributed by atoms with E-state index in [0.717, 1.165) is 12.0 Å². The molecule has 5 heteroatoms. The van der Waals surface area contributed by atoms with Crippen LogP contribution in [-0.2, 0) is 9.53 Å². The monoisotopic (exact) mass is 264 g/mol. The van der Waals surface area contributed by atoms with E-state index in [9.17, 15) is 9.18 Å². The molecule has 2 fully saturated rings. The Morgan fingerprint density at radius 2 is 2.32 bits per heavy atom. The number of halogens is 1. The highest BCUT2D eigenvalue weighted by Gasteiger charge is 2.42. The molecule has 0 aliphatic carbocycles. The maximum Gasteiger partial charge on any atom is 0.241 e. The Kier molecular flexibility index (Phi) is 3.24. The maximum atomic E-state index is 13.4. The van der Waals surface area contributed by atoms with Gasteiger partial charge in [-0.15, -0.1) is 0 Å². The van der Waals surface area contributed by atoms with Crippen LogP contribution < -0.4 is 5.32 Å². The zero-order valence-corrected chi connectivity index (χ0v) is 10.8. The van der Waals surface area contributed by atoms with Gasteiger partial charge in [-0.3, -0.25) is 10.1 Å². The van der Waals surface area contributed by atoms with E-state index in [1.165, 1.54) is 12.1 Å². The smallest absolute Gasteiger partial charge is 0.241 e. The van der Waals surface area contributed by atoms with Crippen LogP contribution in [0.25, 0.3) is 0 Å². The minimum atomic E-state index is -0.283. The molecule has 0 saturated carbocycles. The van der Waals surface area contributed by atoms with Crippen molar-refractivity contribution in [3.8, 4) is 0 Å². The molecule has 3 rings (SSSR count). The first-order chi connectivity index (χ1) is 9.16. The third kappa shape index (κ3) is 2.24. The number of nitrogens with zero attached hydrogens (tertiary/aromatic N) is 1. The van der Waals surface area contributed by atoms with Crippen LogP contribution in [0.1, 0.15) is 25.1 Å². The van der Waals surface area contributed by atoms with Crippen LogP contribution in [0.2, 0.25) is 0 Å². The van der Waals surface area contributed by atoms with Crippen LogP contribution in [0.4, 0.5) is 4.39 Å². The van der Waals surface area contributed by atoms with Gasteiger partial charge in [0.2, 0.25) is 5.91 Å². The number of carbonyl (C=O) groups is 1. The molecule has 1 aromatic carbocycles. The van der Waals surface area contributed by atoms with Crippen LogP contribution >= 0.6 is 0 Å². The predicted octanol–water partition coefficient (Wildman–Crippen LogP) is 1.43. The van der Waals surface area contributed by atoms with Crippen molar-refractivity contribution in [1.29, 1.82) is 0 Å². The molecular formula is C14H17FN2O2. The summed E-state index contributed by atoms with van der Waals surface area (Å²) in [7, 11) is 0. The standard InChI is InChI=1S/C14H17FN2O2/c1-9-14(18)17(12-5-6-19-8-12)13(16-9)10-3-2-4-11(15)7-10/h2-4,7,9,12-13,16H,5-6,8H2,1H3. The molecule has 0 aromatic heterocycles. The lowest BCUT2D eigenvalue weighted by Gasteiger charge is -2.29. The number of benzene rings is 1. The van der Waals surface area contributed by atoms with Crippen LogP contribution in [0.5, 0.6) is 0 Å². The van der Waals surface area contributed by atoms with Crippen molar-refractivity contribution in [3.63, 3.8) is 0 Å². The van der Waals surface area contributed by atoms with Crippen molar-refractivity contribution in [2.24, 2.45) is 0 Å². The molecule has 4 nitrogen and oxygen atoms in total. The summed E-state index contributed by atoms with van der Waals surface area (Å²) in [5.74, 6) is -0.223.